The molecule has 1 fully saturated rings. The highest BCUT2D eigenvalue weighted by Gasteiger charge is 2.39. The van der Waals surface area contributed by atoms with Gasteiger partial charge < -0.3 is 32.1 Å². The van der Waals surface area contributed by atoms with Crippen LogP contribution < -0.4 is 22.1 Å². The van der Waals surface area contributed by atoms with E-state index >= 15 is 0 Å². The quantitative estimate of drug-likeness (QED) is 0.205. The molecule has 7 N–H and O–H groups in total. The van der Waals surface area contributed by atoms with Gasteiger partial charge in [0.05, 0.1) is 6.04 Å². The number of nitrogens with zero attached hydrogens (tertiary/aromatic N) is 1. The van der Waals surface area contributed by atoms with Crippen LogP contribution in [0.1, 0.15) is 58.8 Å². The van der Waals surface area contributed by atoms with Crippen LogP contribution in [0.3, 0.4) is 0 Å². The van der Waals surface area contributed by atoms with Gasteiger partial charge in [-0.2, -0.15) is 11.8 Å². The Morgan fingerprint density at radius 2 is 1.85 bits per heavy atom. The first-order chi connectivity index (χ1) is 15.7. The molecule has 11 heteroatoms. The molecule has 0 aliphatic carbocycles. The molecule has 1 aliphatic heterocycles. The Bertz CT molecular complexity index is 665. The normalized spacial score (nSPS) is 19.4. The number of likely N-dealkylation sites (tertiary alicyclic amines) is 1. The molecule has 1 saturated heterocycles. The number of amides is 3. The number of nitrogens with two attached hydrogens (primary N) is 2. The van der Waals surface area contributed by atoms with Crippen LogP contribution >= 0.6 is 11.8 Å². The van der Waals surface area contributed by atoms with Crippen LogP contribution in [0.4, 0.5) is 0 Å². The third kappa shape index (κ3) is 9.13. The molecule has 0 spiro atoms. The Balaban J connectivity index is 2.93. The van der Waals surface area contributed by atoms with Crippen LogP contribution in [0.2, 0.25) is 0 Å². The Morgan fingerprint density at radius 3 is 2.42 bits per heavy atom. The molecule has 0 aromatic carbocycles. The van der Waals surface area contributed by atoms with Crippen LogP contribution in [0, 0.1) is 5.92 Å². The number of thioether (sulfide) groups is 1. The highest BCUT2D eigenvalue weighted by Crippen LogP contribution is 2.21. The van der Waals surface area contributed by atoms with Gasteiger partial charge in [-0.25, -0.2) is 4.79 Å². The number of hydrogen-bond acceptors (Lipinski definition) is 7. The fourth-order valence-electron chi connectivity index (χ4n) is 3.83. The van der Waals surface area contributed by atoms with Gasteiger partial charge in [0.15, 0.2) is 0 Å². The van der Waals surface area contributed by atoms with Crippen molar-refractivity contribution in [3.8, 4) is 0 Å². The van der Waals surface area contributed by atoms with E-state index in [9.17, 15) is 24.3 Å². The van der Waals surface area contributed by atoms with Gasteiger partial charge in [-0.15, -0.1) is 0 Å². The largest absolute Gasteiger partial charge is 0.480 e. The fourth-order valence-corrected chi connectivity index (χ4v) is 4.30. The summed E-state index contributed by atoms with van der Waals surface area (Å²) in [5.74, 6) is -1.87. The Hall–Kier alpha value is -1.85. The van der Waals surface area contributed by atoms with E-state index in [0.29, 0.717) is 50.9 Å². The lowest BCUT2D eigenvalue weighted by Crippen LogP contribution is -2.58. The first-order valence-electron chi connectivity index (χ1n) is 11.8. The molecule has 0 aromatic rings. The number of carboxylic acid groups (broad SMARTS) is 1. The summed E-state index contributed by atoms with van der Waals surface area (Å²) in [6.45, 7) is 4.63. The monoisotopic (exact) mass is 487 g/mol. The third-order valence-electron chi connectivity index (χ3n) is 6.15. The molecule has 1 heterocycles. The number of carbonyl (C=O) groups excluding carboxylic acids is 3. The number of nitrogens with one attached hydrogen (secondary N) is 2. The van der Waals surface area contributed by atoms with Crippen LogP contribution in [0.15, 0.2) is 0 Å². The lowest BCUT2D eigenvalue weighted by atomic mass is 9.96. The zero-order valence-corrected chi connectivity index (χ0v) is 20.9. The van der Waals surface area contributed by atoms with Crippen molar-refractivity contribution in [2.75, 3.05) is 25.1 Å². The molecule has 1 aliphatic rings. The molecule has 190 valence electrons. The summed E-state index contributed by atoms with van der Waals surface area (Å²) in [5.41, 5.74) is 11.5. The summed E-state index contributed by atoms with van der Waals surface area (Å²) in [6.07, 6.45) is 5.88. The fraction of sp³-hybridized carbons (Fsp3) is 0.818. The van der Waals surface area contributed by atoms with Gasteiger partial charge >= 0.3 is 5.97 Å². The minimum absolute atomic E-state index is 0.202. The average molecular weight is 488 g/mol. The molecule has 1 rings (SSSR count). The van der Waals surface area contributed by atoms with Crippen LogP contribution in [0.5, 0.6) is 0 Å². The summed E-state index contributed by atoms with van der Waals surface area (Å²) in [6, 6.07) is -3.32. The van der Waals surface area contributed by atoms with Crippen molar-refractivity contribution in [1.29, 1.82) is 0 Å². The number of carboxylic acids is 1. The Labute approximate surface area is 200 Å². The molecular formula is C22H41N5O5S. The highest BCUT2D eigenvalue weighted by molar-refractivity contribution is 7.98. The molecule has 0 aromatic heterocycles. The summed E-state index contributed by atoms with van der Waals surface area (Å²) >= 11 is 1.54. The number of aliphatic carboxylic acids is 1. The van der Waals surface area contributed by atoms with Crippen molar-refractivity contribution in [2.45, 2.75) is 83.0 Å². The predicted molar refractivity (Wildman–Crippen MR) is 130 cm³/mol. The average Bonchev–Trinajstić information content (AvgIpc) is 3.29. The Kier molecular flexibility index (Phi) is 13.4. The van der Waals surface area contributed by atoms with E-state index in [-0.39, 0.29) is 5.92 Å². The summed E-state index contributed by atoms with van der Waals surface area (Å²) < 4.78 is 0. The highest BCUT2D eigenvalue weighted by atomic mass is 32.2. The predicted octanol–water partition coefficient (Wildman–Crippen LogP) is 0.287. The van der Waals surface area contributed by atoms with Gasteiger partial charge in [-0.3, -0.25) is 14.4 Å². The van der Waals surface area contributed by atoms with Gasteiger partial charge in [0, 0.05) is 6.54 Å². The van der Waals surface area contributed by atoms with Gasteiger partial charge in [0.25, 0.3) is 0 Å². The summed E-state index contributed by atoms with van der Waals surface area (Å²) in [7, 11) is 0. The van der Waals surface area contributed by atoms with E-state index in [0.717, 1.165) is 12.8 Å². The molecule has 3 amide bonds. The van der Waals surface area contributed by atoms with E-state index in [2.05, 4.69) is 10.6 Å². The minimum atomic E-state index is -1.04. The maximum absolute atomic E-state index is 13.2. The molecule has 5 unspecified atom stereocenters. The smallest absolute Gasteiger partial charge is 0.326 e. The van der Waals surface area contributed by atoms with Gasteiger partial charge in [-0.1, -0.05) is 26.7 Å². The van der Waals surface area contributed by atoms with Crippen molar-refractivity contribution < 1.29 is 24.3 Å². The third-order valence-corrected chi connectivity index (χ3v) is 6.79. The molecule has 33 heavy (non-hydrogen) atoms. The molecule has 5 atom stereocenters. The van der Waals surface area contributed by atoms with Crippen LogP contribution in [0.25, 0.3) is 0 Å². The van der Waals surface area contributed by atoms with Crippen LogP contribution in [-0.2, 0) is 19.2 Å². The standard InChI is InChI=1S/C22H41N5O5S/c1-4-14(2)18(21(30)27-12-7-9-17(27)22(31)32)26-20(29)16(10-13-33-3)25-19(28)15(24)8-5-6-11-23/h14-18H,4-13,23-24H2,1-3H3,(H,25,28)(H,26,29)(H,31,32). The second-order valence-corrected chi connectivity index (χ2v) is 9.62. The molecule has 0 saturated carbocycles. The maximum Gasteiger partial charge on any atom is 0.326 e. The van der Waals surface area contributed by atoms with E-state index in [1.165, 1.54) is 4.90 Å². The number of unbranched alkanes of at least 4 members (excludes halogenated alkanes) is 1. The van der Waals surface area contributed by atoms with E-state index in [1.807, 2.05) is 20.1 Å². The molecule has 0 bridgehead atoms. The van der Waals surface area contributed by atoms with Gasteiger partial charge in [0.1, 0.15) is 18.1 Å². The first kappa shape index (κ1) is 29.2. The van der Waals surface area contributed by atoms with Crippen molar-refractivity contribution in [3.63, 3.8) is 0 Å². The Morgan fingerprint density at radius 1 is 1.15 bits per heavy atom. The van der Waals surface area contributed by atoms with Crippen molar-refractivity contribution in [2.24, 2.45) is 17.4 Å². The number of hydrogen-bond donors (Lipinski definition) is 5. The maximum atomic E-state index is 13.2. The second kappa shape index (κ2) is 15.1. The van der Waals surface area contributed by atoms with E-state index in [4.69, 9.17) is 11.5 Å². The van der Waals surface area contributed by atoms with E-state index < -0.39 is 47.9 Å². The van der Waals surface area contributed by atoms with Crippen LogP contribution in [-0.4, -0.2) is 83.0 Å². The first-order valence-corrected chi connectivity index (χ1v) is 13.2. The van der Waals surface area contributed by atoms with Crippen molar-refractivity contribution in [1.82, 2.24) is 15.5 Å². The van der Waals surface area contributed by atoms with Crippen molar-refractivity contribution >= 4 is 35.5 Å². The van der Waals surface area contributed by atoms with Gasteiger partial charge in [0.2, 0.25) is 17.7 Å². The second-order valence-electron chi connectivity index (χ2n) is 8.63. The topological polar surface area (TPSA) is 168 Å². The SMILES string of the molecule is CCC(C)C(NC(=O)C(CCSC)NC(=O)C(N)CCCCN)C(=O)N1CCCC1C(=O)O. The lowest BCUT2D eigenvalue weighted by Gasteiger charge is -2.31. The number of carbonyl (C=O) groups is 4. The zero-order chi connectivity index (χ0) is 25.0. The van der Waals surface area contributed by atoms with Crippen molar-refractivity contribution in [3.05, 3.63) is 0 Å². The summed E-state index contributed by atoms with van der Waals surface area (Å²) in [5, 5.41) is 15.0. The summed E-state index contributed by atoms with van der Waals surface area (Å²) in [4.78, 5) is 51.9. The number of rotatable bonds is 15. The molecular weight excluding hydrogens is 446 g/mol. The van der Waals surface area contributed by atoms with E-state index in [1.54, 1.807) is 11.8 Å². The van der Waals surface area contributed by atoms with Gasteiger partial charge in [-0.05, 0) is 56.6 Å². The lowest BCUT2D eigenvalue weighted by molar-refractivity contribution is -0.150. The molecule has 10 nitrogen and oxygen atoms in total. The zero-order valence-electron chi connectivity index (χ0n) is 20.0. The minimum Gasteiger partial charge on any atom is -0.480 e. The molecule has 0 radical (unpaired) electrons.